The number of carbonyl (C=O) groups is 2. The topological polar surface area (TPSA) is 127 Å². The molecule has 38 heavy (non-hydrogen) atoms. The predicted octanol–water partition coefficient (Wildman–Crippen LogP) is 1.82. The maximum absolute atomic E-state index is 12.8. The third-order valence-corrected chi connectivity index (χ3v) is 7.54. The van der Waals surface area contributed by atoms with Gasteiger partial charge >= 0.3 is 0 Å². The van der Waals surface area contributed by atoms with Crippen LogP contribution in [0.1, 0.15) is 47.2 Å². The number of benzene rings is 1. The Balaban J connectivity index is 1.10. The van der Waals surface area contributed by atoms with E-state index in [4.69, 9.17) is 0 Å². The fourth-order valence-electron chi connectivity index (χ4n) is 5.39. The van der Waals surface area contributed by atoms with E-state index in [-0.39, 0.29) is 18.4 Å². The van der Waals surface area contributed by atoms with Gasteiger partial charge in [-0.25, -0.2) is 9.97 Å². The van der Waals surface area contributed by atoms with Crippen molar-refractivity contribution >= 4 is 11.8 Å². The number of aromatic nitrogens is 4. The first-order chi connectivity index (χ1) is 18.5. The van der Waals surface area contributed by atoms with E-state index >= 15 is 0 Å². The Hall–Kier alpha value is -3.63. The van der Waals surface area contributed by atoms with Gasteiger partial charge in [-0.1, -0.05) is 30.3 Å². The molecule has 1 saturated heterocycles. The minimum atomic E-state index is -0.708. The number of nitrogens with one attached hydrogen (secondary N) is 2. The molecule has 3 N–H and O–H groups in total. The van der Waals surface area contributed by atoms with Crippen LogP contribution < -0.4 is 5.32 Å². The van der Waals surface area contributed by atoms with E-state index in [1.807, 2.05) is 23.1 Å². The van der Waals surface area contributed by atoms with Crippen LogP contribution in [0.15, 0.2) is 42.7 Å². The Labute approximate surface area is 222 Å². The summed E-state index contributed by atoms with van der Waals surface area (Å²) >= 11 is 0. The zero-order chi connectivity index (χ0) is 26.5. The van der Waals surface area contributed by atoms with Crippen molar-refractivity contribution in [1.29, 1.82) is 0 Å². The van der Waals surface area contributed by atoms with Crippen LogP contribution in [0.2, 0.25) is 0 Å². The van der Waals surface area contributed by atoms with Gasteiger partial charge in [0.15, 0.2) is 0 Å². The Morgan fingerprint density at radius 2 is 1.95 bits per heavy atom. The molecule has 4 heterocycles. The molecule has 0 spiro atoms. The zero-order valence-electron chi connectivity index (χ0n) is 21.8. The average molecular weight is 518 g/mol. The highest BCUT2D eigenvalue weighted by Crippen LogP contribution is 2.28. The van der Waals surface area contributed by atoms with E-state index in [9.17, 15) is 14.7 Å². The van der Waals surface area contributed by atoms with Crippen LogP contribution in [-0.4, -0.2) is 85.7 Å². The van der Waals surface area contributed by atoms with Gasteiger partial charge in [0.1, 0.15) is 12.0 Å². The lowest BCUT2D eigenvalue weighted by atomic mass is 9.92. The molecule has 2 aliphatic heterocycles. The second kappa shape index (κ2) is 11.8. The van der Waals surface area contributed by atoms with Crippen molar-refractivity contribution in [2.24, 2.45) is 5.92 Å². The van der Waals surface area contributed by atoms with Gasteiger partial charge in [-0.3, -0.25) is 19.6 Å². The highest BCUT2D eigenvalue weighted by atomic mass is 16.3. The molecule has 0 aliphatic carbocycles. The van der Waals surface area contributed by atoms with Gasteiger partial charge in [0, 0.05) is 75.1 Å². The summed E-state index contributed by atoms with van der Waals surface area (Å²) in [6.07, 6.45) is 4.17. The quantitative estimate of drug-likeness (QED) is 0.416. The van der Waals surface area contributed by atoms with E-state index in [1.54, 1.807) is 13.0 Å². The van der Waals surface area contributed by atoms with E-state index < -0.39 is 6.10 Å². The highest BCUT2D eigenvalue weighted by Gasteiger charge is 2.25. The van der Waals surface area contributed by atoms with Crippen LogP contribution >= 0.6 is 0 Å². The predicted molar refractivity (Wildman–Crippen MR) is 142 cm³/mol. The Bertz CT molecular complexity index is 1250. The SMILES string of the molecule is CC(=O)N1CCC(Cc2cc(C(=O)NC[C@H](O)CN3CCc4[nH]nc(-c5ccccc5)c4C3)ncn2)CC1. The molecule has 1 atom stereocenters. The van der Waals surface area contributed by atoms with E-state index in [2.05, 4.69) is 42.5 Å². The van der Waals surface area contributed by atoms with Crippen molar-refractivity contribution < 1.29 is 14.7 Å². The number of fused-ring (bicyclic) bond motifs is 1. The lowest BCUT2D eigenvalue weighted by molar-refractivity contribution is -0.130. The molecular formula is C28H35N7O3. The molecule has 0 bridgehead atoms. The molecule has 1 aromatic carbocycles. The van der Waals surface area contributed by atoms with Crippen LogP contribution in [0.3, 0.4) is 0 Å². The number of hydrogen-bond acceptors (Lipinski definition) is 7. The number of aliphatic hydroxyl groups is 1. The maximum Gasteiger partial charge on any atom is 0.270 e. The first-order valence-corrected chi connectivity index (χ1v) is 13.3. The molecule has 0 radical (unpaired) electrons. The molecule has 10 nitrogen and oxygen atoms in total. The van der Waals surface area contributed by atoms with Gasteiger partial charge in [0.05, 0.1) is 11.8 Å². The van der Waals surface area contributed by atoms with E-state index in [1.165, 1.54) is 11.9 Å². The monoisotopic (exact) mass is 517 g/mol. The summed E-state index contributed by atoms with van der Waals surface area (Å²) < 4.78 is 0. The molecule has 2 aliphatic rings. The van der Waals surface area contributed by atoms with Gasteiger partial charge in [0.25, 0.3) is 5.91 Å². The molecule has 2 aromatic heterocycles. The van der Waals surface area contributed by atoms with Crippen LogP contribution in [0.25, 0.3) is 11.3 Å². The minimum Gasteiger partial charge on any atom is -0.390 e. The van der Waals surface area contributed by atoms with Crippen molar-refractivity contribution in [1.82, 2.24) is 35.3 Å². The molecule has 2 amide bonds. The second-order valence-electron chi connectivity index (χ2n) is 10.3. The molecule has 0 unspecified atom stereocenters. The molecule has 5 rings (SSSR count). The minimum absolute atomic E-state index is 0.120. The fraction of sp³-hybridized carbons (Fsp3) is 0.464. The van der Waals surface area contributed by atoms with Crippen molar-refractivity contribution in [3.05, 3.63) is 65.4 Å². The fourth-order valence-corrected chi connectivity index (χ4v) is 5.39. The van der Waals surface area contributed by atoms with E-state index in [0.717, 1.165) is 68.0 Å². The summed E-state index contributed by atoms with van der Waals surface area (Å²) in [7, 11) is 0. The Kier molecular flexibility index (Phi) is 8.09. The standard InChI is InChI=1S/C28H35N7O3/c1-19(36)35-11-7-20(8-12-35)13-22-14-26(31-18-30-22)28(38)29-15-23(37)16-34-10-9-25-24(17-34)27(33-32-25)21-5-3-2-4-6-21/h2-6,14,18,20,23,37H,7-13,15-17H2,1H3,(H,29,38)(H,32,33)/t23-/m0/s1. The van der Waals surface area contributed by atoms with Crippen molar-refractivity contribution in [3.8, 4) is 11.3 Å². The van der Waals surface area contributed by atoms with Gasteiger partial charge in [-0.15, -0.1) is 0 Å². The maximum atomic E-state index is 12.8. The molecule has 1 fully saturated rings. The van der Waals surface area contributed by atoms with Gasteiger partial charge in [-0.05, 0) is 31.2 Å². The largest absolute Gasteiger partial charge is 0.390 e. The first kappa shape index (κ1) is 26.0. The lowest BCUT2D eigenvalue weighted by Gasteiger charge is -2.31. The van der Waals surface area contributed by atoms with Crippen molar-refractivity contribution in [2.75, 3.05) is 32.7 Å². The number of amides is 2. The molecule has 0 saturated carbocycles. The van der Waals surface area contributed by atoms with Gasteiger partial charge < -0.3 is 15.3 Å². The number of aromatic amines is 1. The summed E-state index contributed by atoms with van der Waals surface area (Å²) in [5.41, 5.74) is 5.47. The molecule has 3 aromatic rings. The first-order valence-electron chi connectivity index (χ1n) is 13.3. The number of piperidine rings is 1. The van der Waals surface area contributed by atoms with Crippen LogP contribution in [0.4, 0.5) is 0 Å². The second-order valence-corrected chi connectivity index (χ2v) is 10.3. The molecule has 10 heteroatoms. The van der Waals surface area contributed by atoms with Gasteiger partial charge in [-0.2, -0.15) is 5.10 Å². The number of aliphatic hydroxyl groups excluding tert-OH is 1. The van der Waals surface area contributed by atoms with Crippen LogP contribution in [0.5, 0.6) is 0 Å². The Morgan fingerprint density at radius 1 is 1.16 bits per heavy atom. The third kappa shape index (κ3) is 6.25. The smallest absolute Gasteiger partial charge is 0.270 e. The number of nitrogens with zero attached hydrogens (tertiary/aromatic N) is 5. The van der Waals surface area contributed by atoms with Crippen molar-refractivity contribution in [2.45, 2.75) is 45.3 Å². The number of carbonyl (C=O) groups excluding carboxylic acids is 2. The summed E-state index contributed by atoms with van der Waals surface area (Å²) in [5.74, 6) is 0.234. The van der Waals surface area contributed by atoms with Crippen molar-refractivity contribution in [3.63, 3.8) is 0 Å². The Morgan fingerprint density at radius 3 is 2.71 bits per heavy atom. The van der Waals surface area contributed by atoms with E-state index in [0.29, 0.717) is 24.7 Å². The molecular weight excluding hydrogens is 482 g/mol. The summed E-state index contributed by atoms with van der Waals surface area (Å²) in [6.45, 7) is 5.24. The highest BCUT2D eigenvalue weighted by molar-refractivity contribution is 5.92. The lowest BCUT2D eigenvalue weighted by Crippen LogP contribution is -2.42. The summed E-state index contributed by atoms with van der Waals surface area (Å²) in [6, 6.07) is 11.8. The summed E-state index contributed by atoms with van der Waals surface area (Å²) in [4.78, 5) is 36.9. The van der Waals surface area contributed by atoms with Gasteiger partial charge in [0.2, 0.25) is 5.91 Å². The third-order valence-electron chi connectivity index (χ3n) is 7.54. The molecule has 200 valence electrons. The number of β-amino-alcohol motifs (C(OH)–C–C–N with tert-alkyl or cyclic N) is 1. The number of hydrogen-bond donors (Lipinski definition) is 3. The normalized spacial score (nSPS) is 17.2. The number of likely N-dealkylation sites (tertiary alicyclic amines) is 1. The average Bonchev–Trinajstić information content (AvgIpc) is 3.36. The van der Waals surface area contributed by atoms with Crippen LogP contribution in [-0.2, 0) is 24.2 Å². The number of H-pyrrole nitrogens is 1. The summed E-state index contributed by atoms with van der Waals surface area (Å²) in [5, 5.41) is 21.2. The van der Waals surface area contributed by atoms with Crippen LogP contribution in [0, 0.1) is 5.92 Å². The zero-order valence-corrected chi connectivity index (χ0v) is 21.8. The number of rotatable bonds is 8.